The minimum atomic E-state index is 0.0503. The number of Topliss-reactive ketones (excluding diaryl/α,β-unsaturated/α-hetero) is 1. The van der Waals surface area contributed by atoms with Crippen molar-refractivity contribution in [2.24, 2.45) is 17.3 Å². The highest BCUT2D eigenvalue weighted by molar-refractivity contribution is 5.92. The van der Waals surface area contributed by atoms with Crippen molar-refractivity contribution in [1.82, 2.24) is 0 Å². The number of carbonyl (C=O) groups is 1. The molecule has 1 heteroatoms. The van der Waals surface area contributed by atoms with Crippen LogP contribution in [0.1, 0.15) is 33.1 Å². The molecule has 12 heavy (non-hydrogen) atoms. The molecular formula is C11H16O. The Bertz CT molecular complexity index is 239. The van der Waals surface area contributed by atoms with Gasteiger partial charge in [-0.2, -0.15) is 0 Å². The molecule has 2 atom stereocenters. The number of carbonyl (C=O) groups excluding carboxylic acids is 1. The van der Waals surface area contributed by atoms with Crippen LogP contribution in [0.15, 0.2) is 12.2 Å². The molecule has 2 rings (SSSR count). The molecule has 0 aromatic rings. The minimum absolute atomic E-state index is 0.0503. The summed E-state index contributed by atoms with van der Waals surface area (Å²) in [6.07, 6.45) is 7.47. The topological polar surface area (TPSA) is 17.1 Å². The Hall–Kier alpha value is -0.590. The summed E-state index contributed by atoms with van der Waals surface area (Å²) in [4.78, 5) is 11.6. The molecule has 0 heterocycles. The number of allylic oxidation sites excluding steroid dienone is 2. The van der Waals surface area contributed by atoms with Crippen LogP contribution in [0.3, 0.4) is 0 Å². The second kappa shape index (κ2) is 2.45. The predicted octanol–water partition coefficient (Wildman–Crippen LogP) is 2.57. The van der Waals surface area contributed by atoms with Crippen LogP contribution in [-0.2, 0) is 4.79 Å². The standard InChI is InChI=1S/C11H16O/c1-8(2)11-6-4-3-5-9(11)7-10(11)12/h3,5,8-9H,4,6-7H2,1-2H3. The average molecular weight is 164 g/mol. The average Bonchev–Trinajstić information content (AvgIpc) is 2.02. The summed E-state index contributed by atoms with van der Waals surface area (Å²) in [6, 6.07) is 0. The lowest BCUT2D eigenvalue weighted by molar-refractivity contribution is -0.149. The first-order valence-corrected chi connectivity index (χ1v) is 4.88. The van der Waals surface area contributed by atoms with Gasteiger partial charge in [0.15, 0.2) is 0 Å². The van der Waals surface area contributed by atoms with Crippen molar-refractivity contribution in [1.29, 1.82) is 0 Å². The molecule has 2 unspecified atom stereocenters. The molecule has 66 valence electrons. The quantitative estimate of drug-likeness (QED) is 0.544. The lowest BCUT2D eigenvalue weighted by atomic mass is 9.50. The zero-order valence-electron chi connectivity index (χ0n) is 7.84. The molecule has 2 aliphatic carbocycles. The first kappa shape index (κ1) is 8.03. The van der Waals surface area contributed by atoms with Gasteiger partial charge in [0.2, 0.25) is 0 Å². The fourth-order valence-corrected chi connectivity index (χ4v) is 2.83. The molecule has 0 amide bonds. The monoisotopic (exact) mass is 164 g/mol. The molecule has 0 radical (unpaired) electrons. The molecule has 1 fully saturated rings. The van der Waals surface area contributed by atoms with Gasteiger partial charge in [-0.05, 0) is 24.7 Å². The lowest BCUT2D eigenvalue weighted by Crippen LogP contribution is -2.53. The van der Waals surface area contributed by atoms with E-state index in [1.165, 1.54) is 0 Å². The van der Waals surface area contributed by atoms with Crippen molar-refractivity contribution < 1.29 is 4.79 Å². The summed E-state index contributed by atoms with van der Waals surface area (Å²) < 4.78 is 0. The number of rotatable bonds is 1. The Morgan fingerprint density at radius 1 is 1.58 bits per heavy atom. The van der Waals surface area contributed by atoms with Crippen molar-refractivity contribution >= 4 is 5.78 Å². The van der Waals surface area contributed by atoms with E-state index in [1.807, 2.05) is 0 Å². The molecule has 1 nitrogen and oxygen atoms in total. The summed E-state index contributed by atoms with van der Waals surface area (Å²) in [7, 11) is 0. The maximum Gasteiger partial charge on any atom is 0.140 e. The van der Waals surface area contributed by atoms with Crippen LogP contribution in [0.5, 0.6) is 0 Å². The molecule has 0 aliphatic heterocycles. The van der Waals surface area contributed by atoms with Gasteiger partial charge >= 0.3 is 0 Å². The van der Waals surface area contributed by atoms with Crippen LogP contribution in [0.4, 0.5) is 0 Å². The van der Waals surface area contributed by atoms with Crippen LogP contribution in [0, 0.1) is 17.3 Å². The van der Waals surface area contributed by atoms with E-state index in [2.05, 4.69) is 26.0 Å². The largest absolute Gasteiger partial charge is 0.299 e. The van der Waals surface area contributed by atoms with E-state index >= 15 is 0 Å². The summed E-state index contributed by atoms with van der Waals surface area (Å²) in [5, 5.41) is 0. The van der Waals surface area contributed by atoms with Gasteiger partial charge in [0, 0.05) is 11.8 Å². The predicted molar refractivity (Wildman–Crippen MR) is 48.8 cm³/mol. The van der Waals surface area contributed by atoms with Crippen molar-refractivity contribution in [3.8, 4) is 0 Å². The number of hydrogen-bond donors (Lipinski definition) is 0. The highest BCUT2D eigenvalue weighted by atomic mass is 16.1. The van der Waals surface area contributed by atoms with Gasteiger partial charge in [-0.3, -0.25) is 4.79 Å². The van der Waals surface area contributed by atoms with Crippen molar-refractivity contribution in [3.05, 3.63) is 12.2 Å². The Morgan fingerprint density at radius 2 is 2.33 bits per heavy atom. The first-order chi connectivity index (χ1) is 5.68. The fraction of sp³-hybridized carbons (Fsp3) is 0.727. The Kier molecular flexibility index (Phi) is 1.64. The highest BCUT2D eigenvalue weighted by Gasteiger charge is 2.55. The second-order valence-corrected chi connectivity index (χ2v) is 4.40. The number of ketones is 1. The molecule has 1 saturated carbocycles. The van der Waals surface area contributed by atoms with Crippen LogP contribution in [0.25, 0.3) is 0 Å². The van der Waals surface area contributed by atoms with Crippen LogP contribution >= 0.6 is 0 Å². The number of hydrogen-bond acceptors (Lipinski definition) is 1. The minimum Gasteiger partial charge on any atom is -0.299 e. The Labute approximate surface area is 73.8 Å². The Balaban J connectivity index is 2.30. The second-order valence-electron chi connectivity index (χ2n) is 4.40. The Morgan fingerprint density at radius 3 is 2.75 bits per heavy atom. The van der Waals surface area contributed by atoms with E-state index < -0.39 is 0 Å². The first-order valence-electron chi connectivity index (χ1n) is 4.88. The fourth-order valence-electron chi connectivity index (χ4n) is 2.83. The van der Waals surface area contributed by atoms with E-state index in [-0.39, 0.29) is 5.41 Å². The van der Waals surface area contributed by atoms with Gasteiger partial charge in [-0.1, -0.05) is 26.0 Å². The lowest BCUT2D eigenvalue weighted by Gasteiger charge is -2.51. The molecule has 0 bridgehead atoms. The van der Waals surface area contributed by atoms with Gasteiger partial charge in [-0.25, -0.2) is 0 Å². The van der Waals surface area contributed by atoms with Gasteiger partial charge in [0.25, 0.3) is 0 Å². The zero-order chi connectivity index (χ0) is 8.77. The summed E-state index contributed by atoms with van der Waals surface area (Å²) in [6.45, 7) is 4.37. The van der Waals surface area contributed by atoms with Crippen LogP contribution < -0.4 is 0 Å². The third-order valence-electron chi connectivity index (χ3n) is 3.71. The van der Waals surface area contributed by atoms with Crippen molar-refractivity contribution in [2.75, 3.05) is 0 Å². The van der Waals surface area contributed by atoms with Gasteiger partial charge in [0.05, 0.1) is 0 Å². The summed E-state index contributed by atoms with van der Waals surface area (Å²) in [5.41, 5.74) is 0.0503. The molecule has 0 aromatic heterocycles. The SMILES string of the molecule is CC(C)C12CCC=CC1CC2=O. The molecule has 2 aliphatic rings. The normalized spacial score (nSPS) is 39.6. The number of fused-ring (bicyclic) bond motifs is 1. The molecular weight excluding hydrogens is 148 g/mol. The summed E-state index contributed by atoms with van der Waals surface area (Å²) in [5.74, 6) is 1.60. The van der Waals surface area contributed by atoms with E-state index in [0.29, 0.717) is 17.6 Å². The van der Waals surface area contributed by atoms with E-state index in [1.54, 1.807) is 0 Å². The van der Waals surface area contributed by atoms with Crippen molar-refractivity contribution in [2.45, 2.75) is 33.1 Å². The molecule has 0 saturated heterocycles. The maximum absolute atomic E-state index is 11.6. The van der Waals surface area contributed by atoms with E-state index in [0.717, 1.165) is 19.3 Å². The van der Waals surface area contributed by atoms with E-state index in [9.17, 15) is 4.79 Å². The molecule has 0 spiro atoms. The molecule has 0 N–H and O–H groups in total. The van der Waals surface area contributed by atoms with Gasteiger partial charge < -0.3 is 0 Å². The summed E-state index contributed by atoms with van der Waals surface area (Å²) >= 11 is 0. The smallest absolute Gasteiger partial charge is 0.140 e. The van der Waals surface area contributed by atoms with Crippen LogP contribution in [0.2, 0.25) is 0 Å². The van der Waals surface area contributed by atoms with Gasteiger partial charge in [0.1, 0.15) is 5.78 Å². The van der Waals surface area contributed by atoms with Gasteiger partial charge in [-0.15, -0.1) is 0 Å². The highest BCUT2D eigenvalue weighted by Crippen LogP contribution is 2.54. The van der Waals surface area contributed by atoms with Crippen LogP contribution in [-0.4, -0.2) is 5.78 Å². The van der Waals surface area contributed by atoms with E-state index in [4.69, 9.17) is 0 Å². The van der Waals surface area contributed by atoms with Crippen molar-refractivity contribution in [3.63, 3.8) is 0 Å². The third-order valence-corrected chi connectivity index (χ3v) is 3.71. The maximum atomic E-state index is 11.6. The third kappa shape index (κ3) is 0.769. The molecule has 0 aromatic carbocycles. The zero-order valence-corrected chi connectivity index (χ0v) is 7.84.